The molecule has 0 rings (SSSR count). The zero-order valence-electron chi connectivity index (χ0n) is 8.09. The third-order valence-electron chi connectivity index (χ3n) is 1.35. The van der Waals surface area contributed by atoms with E-state index >= 15 is 0 Å². The standard InChI is InChI=1S/C9H14F2O3/c1-3-5-6-7-14-9(10,11)8(12)13-4-2/h3H,1,4-7H2,2H3. The van der Waals surface area contributed by atoms with Crippen molar-refractivity contribution in [1.29, 1.82) is 0 Å². The SMILES string of the molecule is C=CCCCOC(F)(F)C(=O)OCC. The van der Waals surface area contributed by atoms with Gasteiger partial charge >= 0.3 is 12.1 Å². The van der Waals surface area contributed by atoms with Crippen LogP contribution in [0.2, 0.25) is 0 Å². The Balaban J connectivity index is 3.81. The summed E-state index contributed by atoms with van der Waals surface area (Å²) in [6.07, 6.45) is -1.28. The van der Waals surface area contributed by atoms with Crippen LogP contribution in [-0.2, 0) is 14.3 Å². The molecule has 0 saturated carbocycles. The number of halogens is 2. The lowest BCUT2D eigenvalue weighted by Gasteiger charge is -2.14. The lowest BCUT2D eigenvalue weighted by Crippen LogP contribution is -2.34. The fourth-order valence-corrected chi connectivity index (χ4v) is 0.702. The van der Waals surface area contributed by atoms with Crippen molar-refractivity contribution >= 4 is 5.97 Å². The molecular weight excluding hydrogens is 194 g/mol. The minimum Gasteiger partial charge on any atom is -0.460 e. The van der Waals surface area contributed by atoms with E-state index in [0.29, 0.717) is 12.8 Å². The van der Waals surface area contributed by atoms with Gasteiger partial charge in [-0.1, -0.05) is 6.08 Å². The van der Waals surface area contributed by atoms with Crippen LogP contribution in [0, 0.1) is 0 Å². The third kappa shape index (κ3) is 4.91. The van der Waals surface area contributed by atoms with Gasteiger partial charge in [0.25, 0.3) is 0 Å². The molecule has 0 aromatic heterocycles. The van der Waals surface area contributed by atoms with Gasteiger partial charge in [0.2, 0.25) is 0 Å². The van der Waals surface area contributed by atoms with Crippen LogP contribution in [0.4, 0.5) is 8.78 Å². The number of rotatable bonds is 7. The number of unbranched alkanes of at least 4 members (excludes halogenated alkanes) is 1. The maximum absolute atomic E-state index is 12.7. The molecule has 5 heteroatoms. The predicted molar refractivity (Wildman–Crippen MR) is 47.0 cm³/mol. The average molecular weight is 208 g/mol. The van der Waals surface area contributed by atoms with Gasteiger partial charge in [-0.25, -0.2) is 4.79 Å². The number of ether oxygens (including phenoxy) is 2. The van der Waals surface area contributed by atoms with Crippen LogP contribution in [0.5, 0.6) is 0 Å². The van der Waals surface area contributed by atoms with Gasteiger partial charge in [-0.05, 0) is 19.8 Å². The molecule has 3 nitrogen and oxygen atoms in total. The van der Waals surface area contributed by atoms with Crippen molar-refractivity contribution in [3.63, 3.8) is 0 Å². The zero-order chi connectivity index (χ0) is 11.0. The van der Waals surface area contributed by atoms with E-state index in [1.807, 2.05) is 0 Å². The largest absolute Gasteiger partial charge is 0.460 e. The molecular formula is C9H14F2O3. The summed E-state index contributed by atoms with van der Waals surface area (Å²) in [5.74, 6) is -1.64. The van der Waals surface area contributed by atoms with Crippen molar-refractivity contribution in [2.45, 2.75) is 25.9 Å². The van der Waals surface area contributed by atoms with E-state index in [2.05, 4.69) is 16.1 Å². The first-order valence-electron chi connectivity index (χ1n) is 4.34. The molecule has 0 aliphatic rings. The van der Waals surface area contributed by atoms with Crippen LogP contribution in [0.3, 0.4) is 0 Å². The summed E-state index contributed by atoms with van der Waals surface area (Å²) in [6, 6.07) is 0. The third-order valence-corrected chi connectivity index (χ3v) is 1.35. The fraction of sp³-hybridized carbons (Fsp3) is 0.667. The molecule has 0 heterocycles. The van der Waals surface area contributed by atoms with Crippen LogP contribution < -0.4 is 0 Å². The molecule has 0 aliphatic heterocycles. The lowest BCUT2D eigenvalue weighted by molar-refractivity contribution is -0.249. The van der Waals surface area contributed by atoms with Crippen LogP contribution in [0.1, 0.15) is 19.8 Å². The highest BCUT2D eigenvalue weighted by Crippen LogP contribution is 2.17. The Hall–Kier alpha value is -0.970. The second kappa shape index (κ2) is 6.48. The second-order valence-electron chi connectivity index (χ2n) is 2.52. The normalized spacial score (nSPS) is 11.1. The van der Waals surface area contributed by atoms with Gasteiger partial charge in [0, 0.05) is 0 Å². The zero-order valence-corrected chi connectivity index (χ0v) is 8.09. The van der Waals surface area contributed by atoms with Crippen molar-refractivity contribution < 1.29 is 23.0 Å². The Morgan fingerprint density at radius 1 is 1.57 bits per heavy atom. The highest BCUT2D eigenvalue weighted by atomic mass is 19.3. The van der Waals surface area contributed by atoms with Gasteiger partial charge in [0.1, 0.15) is 0 Å². The molecule has 0 amide bonds. The highest BCUT2D eigenvalue weighted by Gasteiger charge is 2.42. The quantitative estimate of drug-likeness (QED) is 0.365. The number of hydrogen-bond donors (Lipinski definition) is 0. The molecule has 82 valence electrons. The average Bonchev–Trinajstić information content (AvgIpc) is 2.13. The van der Waals surface area contributed by atoms with Crippen molar-refractivity contribution in [2.75, 3.05) is 13.2 Å². The van der Waals surface area contributed by atoms with Crippen LogP contribution in [0.15, 0.2) is 12.7 Å². The number of carbonyl (C=O) groups excluding carboxylic acids is 1. The summed E-state index contributed by atoms with van der Waals surface area (Å²) in [6.45, 7) is 4.59. The Morgan fingerprint density at radius 2 is 2.21 bits per heavy atom. The van der Waals surface area contributed by atoms with E-state index in [1.54, 1.807) is 6.08 Å². The van der Waals surface area contributed by atoms with E-state index in [1.165, 1.54) is 6.92 Å². The highest BCUT2D eigenvalue weighted by molar-refractivity contribution is 5.75. The summed E-state index contributed by atoms with van der Waals surface area (Å²) in [5, 5.41) is 0. The molecule has 0 spiro atoms. The predicted octanol–water partition coefficient (Wildman–Crippen LogP) is 2.13. The number of esters is 1. The smallest absolute Gasteiger partial charge is 0.456 e. The molecule has 0 aromatic carbocycles. The Labute approximate surface area is 81.7 Å². The summed E-state index contributed by atoms with van der Waals surface area (Å²) in [5.41, 5.74) is 0. The van der Waals surface area contributed by atoms with Crippen molar-refractivity contribution in [3.8, 4) is 0 Å². The molecule has 14 heavy (non-hydrogen) atoms. The lowest BCUT2D eigenvalue weighted by atomic mass is 10.3. The maximum atomic E-state index is 12.7. The van der Waals surface area contributed by atoms with Crippen molar-refractivity contribution in [2.24, 2.45) is 0 Å². The first kappa shape index (κ1) is 13.0. The van der Waals surface area contributed by atoms with Crippen LogP contribution in [-0.4, -0.2) is 25.3 Å². The Morgan fingerprint density at radius 3 is 2.71 bits per heavy atom. The Bertz CT molecular complexity index is 192. The topological polar surface area (TPSA) is 35.5 Å². The summed E-state index contributed by atoms with van der Waals surface area (Å²) in [7, 11) is 0. The van der Waals surface area contributed by atoms with E-state index in [0.717, 1.165) is 0 Å². The van der Waals surface area contributed by atoms with Gasteiger partial charge in [0.15, 0.2) is 0 Å². The Kier molecular flexibility index (Phi) is 6.03. The van der Waals surface area contributed by atoms with Gasteiger partial charge in [-0.2, -0.15) is 8.78 Å². The molecule has 0 fully saturated rings. The van der Waals surface area contributed by atoms with E-state index in [9.17, 15) is 13.6 Å². The second-order valence-corrected chi connectivity index (χ2v) is 2.52. The van der Waals surface area contributed by atoms with Gasteiger partial charge in [0.05, 0.1) is 13.2 Å². The number of alkyl halides is 2. The summed E-state index contributed by atoms with van der Waals surface area (Å²) in [4.78, 5) is 10.6. The molecule has 0 aliphatic carbocycles. The van der Waals surface area contributed by atoms with Crippen molar-refractivity contribution in [1.82, 2.24) is 0 Å². The number of allylic oxidation sites excluding steroid dienone is 1. The monoisotopic (exact) mass is 208 g/mol. The van der Waals surface area contributed by atoms with Crippen LogP contribution in [0.25, 0.3) is 0 Å². The molecule has 0 saturated heterocycles. The number of carbonyl (C=O) groups is 1. The van der Waals surface area contributed by atoms with Crippen LogP contribution >= 0.6 is 0 Å². The molecule has 0 unspecified atom stereocenters. The molecule has 0 atom stereocenters. The fourth-order valence-electron chi connectivity index (χ4n) is 0.702. The minimum absolute atomic E-state index is 0.0928. The number of hydrogen-bond acceptors (Lipinski definition) is 3. The molecule has 0 bridgehead atoms. The van der Waals surface area contributed by atoms with Gasteiger partial charge in [-0.15, -0.1) is 6.58 Å². The van der Waals surface area contributed by atoms with E-state index in [-0.39, 0.29) is 13.2 Å². The van der Waals surface area contributed by atoms with E-state index < -0.39 is 12.1 Å². The molecule has 0 radical (unpaired) electrons. The van der Waals surface area contributed by atoms with Gasteiger partial charge < -0.3 is 9.47 Å². The molecule has 0 N–H and O–H groups in total. The van der Waals surface area contributed by atoms with E-state index in [4.69, 9.17) is 0 Å². The van der Waals surface area contributed by atoms with Crippen molar-refractivity contribution in [3.05, 3.63) is 12.7 Å². The first-order valence-corrected chi connectivity index (χ1v) is 4.34. The minimum atomic E-state index is -3.84. The molecule has 0 aromatic rings. The summed E-state index contributed by atoms with van der Waals surface area (Å²) < 4.78 is 33.6. The maximum Gasteiger partial charge on any atom is 0.456 e. The van der Waals surface area contributed by atoms with Gasteiger partial charge in [-0.3, -0.25) is 0 Å². The first-order chi connectivity index (χ1) is 6.54. The summed E-state index contributed by atoms with van der Waals surface area (Å²) >= 11 is 0.